The summed E-state index contributed by atoms with van der Waals surface area (Å²) in [7, 11) is -1.58. The smallest absolute Gasteiger partial charge is 0.241 e. The molecule has 2 aliphatic heterocycles. The average Bonchev–Trinajstić information content (AvgIpc) is 3.02. The predicted octanol–water partition coefficient (Wildman–Crippen LogP) is 2.41. The van der Waals surface area contributed by atoms with Gasteiger partial charge in [-0.1, -0.05) is 23.7 Å². The molecule has 0 bridgehead atoms. The number of sulfone groups is 1. The molecule has 6 nitrogen and oxygen atoms in total. The van der Waals surface area contributed by atoms with Crippen LogP contribution in [0, 0.1) is 0 Å². The van der Waals surface area contributed by atoms with Crippen LogP contribution in [-0.2, 0) is 21.1 Å². The van der Waals surface area contributed by atoms with Crippen molar-refractivity contribution in [2.24, 2.45) is 0 Å². The number of halogens is 1. The molecule has 0 spiro atoms. The maximum absolute atomic E-state index is 13.0. The van der Waals surface area contributed by atoms with Crippen molar-refractivity contribution in [1.82, 2.24) is 4.90 Å². The van der Waals surface area contributed by atoms with Crippen molar-refractivity contribution in [2.75, 3.05) is 36.6 Å². The summed E-state index contributed by atoms with van der Waals surface area (Å²) >= 11 is 5.97. The van der Waals surface area contributed by atoms with Crippen LogP contribution < -0.4 is 9.64 Å². The van der Waals surface area contributed by atoms with Crippen molar-refractivity contribution in [2.45, 2.75) is 18.5 Å². The zero-order chi connectivity index (χ0) is 20.6. The van der Waals surface area contributed by atoms with Gasteiger partial charge in [-0.15, -0.1) is 0 Å². The number of fused-ring (bicyclic) bond motifs is 1. The molecule has 0 aromatic heterocycles. The molecule has 2 fully saturated rings. The van der Waals surface area contributed by atoms with Crippen LogP contribution in [0.5, 0.6) is 5.75 Å². The molecule has 2 saturated heterocycles. The van der Waals surface area contributed by atoms with E-state index in [-0.39, 0.29) is 36.0 Å². The fourth-order valence-corrected chi connectivity index (χ4v) is 6.31. The molecule has 2 heterocycles. The molecular formula is C21H23ClN2O4S. The molecule has 0 aliphatic carbocycles. The Bertz CT molecular complexity index is 992. The molecule has 2 aliphatic rings. The molecule has 29 heavy (non-hydrogen) atoms. The number of amides is 1. The Balaban J connectivity index is 1.54. The fourth-order valence-electron chi connectivity index (χ4n) is 4.20. The second-order valence-corrected chi connectivity index (χ2v) is 10.1. The van der Waals surface area contributed by atoms with E-state index in [9.17, 15) is 13.2 Å². The first-order chi connectivity index (χ1) is 13.9. The summed E-state index contributed by atoms with van der Waals surface area (Å²) in [5, 5.41) is 0.579. The number of methoxy groups -OCH3 is 1. The quantitative estimate of drug-likeness (QED) is 0.723. The topological polar surface area (TPSA) is 66.9 Å². The van der Waals surface area contributed by atoms with Crippen molar-refractivity contribution >= 4 is 33.0 Å². The molecule has 2 atom stereocenters. The first kappa shape index (κ1) is 20.2. The van der Waals surface area contributed by atoms with Crippen molar-refractivity contribution in [1.29, 1.82) is 0 Å². The van der Waals surface area contributed by atoms with Gasteiger partial charge in [-0.2, -0.15) is 0 Å². The van der Waals surface area contributed by atoms with Crippen LogP contribution in [0.3, 0.4) is 0 Å². The van der Waals surface area contributed by atoms with Crippen molar-refractivity contribution in [3.05, 3.63) is 59.1 Å². The largest absolute Gasteiger partial charge is 0.497 e. The van der Waals surface area contributed by atoms with Gasteiger partial charge in [0.15, 0.2) is 9.84 Å². The molecule has 2 aromatic rings. The number of piperazine rings is 1. The van der Waals surface area contributed by atoms with Gasteiger partial charge in [-0.05, 0) is 48.4 Å². The van der Waals surface area contributed by atoms with Crippen molar-refractivity contribution in [3.8, 4) is 5.75 Å². The number of ether oxygens (including phenoxy) is 1. The van der Waals surface area contributed by atoms with Gasteiger partial charge >= 0.3 is 0 Å². The zero-order valence-corrected chi connectivity index (χ0v) is 17.7. The highest BCUT2D eigenvalue weighted by Crippen LogP contribution is 2.32. The average molecular weight is 435 g/mol. The molecule has 0 N–H and O–H groups in total. The van der Waals surface area contributed by atoms with E-state index in [0.717, 1.165) is 17.7 Å². The number of nitrogens with zero attached hydrogens (tertiary/aromatic N) is 2. The molecule has 8 heteroatoms. The standard InChI is InChI=1S/C21H23ClN2O4S/c1-28-18-8-2-15(3-9-18)10-11-23-12-21(25)24(17-6-4-16(22)5-7-17)20-14-29(26,27)13-19(20)23/h2-9,19-20H,10-14H2,1H3/t19-,20-/m1/s1. The highest BCUT2D eigenvalue weighted by molar-refractivity contribution is 7.91. The SMILES string of the molecule is COc1ccc(CCN2CC(=O)N(c3ccc(Cl)cc3)[C@@H]3CS(=O)(=O)C[C@H]32)cc1. The van der Waals surface area contributed by atoms with Gasteiger partial charge in [0, 0.05) is 23.3 Å². The highest BCUT2D eigenvalue weighted by Gasteiger charge is 2.49. The predicted molar refractivity (Wildman–Crippen MR) is 113 cm³/mol. The van der Waals surface area contributed by atoms with Crippen molar-refractivity contribution in [3.63, 3.8) is 0 Å². The Hall–Kier alpha value is -2.09. The van der Waals surface area contributed by atoms with E-state index in [1.165, 1.54) is 0 Å². The number of benzene rings is 2. The van der Waals surface area contributed by atoms with E-state index < -0.39 is 9.84 Å². The van der Waals surface area contributed by atoms with Crippen LogP contribution in [0.25, 0.3) is 0 Å². The van der Waals surface area contributed by atoms with Crippen molar-refractivity contribution < 1.29 is 17.9 Å². The second kappa shape index (κ2) is 7.97. The number of carbonyl (C=O) groups excluding carboxylic acids is 1. The first-order valence-electron chi connectivity index (χ1n) is 9.51. The number of hydrogen-bond acceptors (Lipinski definition) is 5. The minimum absolute atomic E-state index is 0.00886. The Morgan fingerprint density at radius 2 is 1.69 bits per heavy atom. The third-order valence-electron chi connectivity index (χ3n) is 5.65. The van der Waals surface area contributed by atoms with Crippen LogP contribution in [-0.4, -0.2) is 63.0 Å². The van der Waals surface area contributed by atoms with Gasteiger partial charge in [-0.3, -0.25) is 9.69 Å². The monoisotopic (exact) mass is 434 g/mol. The molecule has 0 unspecified atom stereocenters. The summed E-state index contributed by atoms with van der Waals surface area (Å²) in [5.41, 5.74) is 1.82. The lowest BCUT2D eigenvalue weighted by molar-refractivity contribution is -0.123. The summed E-state index contributed by atoms with van der Waals surface area (Å²) in [6.45, 7) is 0.832. The number of anilines is 1. The van der Waals surface area contributed by atoms with E-state index in [4.69, 9.17) is 16.3 Å². The maximum Gasteiger partial charge on any atom is 0.241 e. The fraction of sp³-hybridized carbons (Fsp3) is 0.381. The third-order valence-corrected chi connectivity index (χ3v) is 7.60. The summed E-state index contributed by atoms with van der Waals surface area (Å²) in [5.74, 6) is 0.783. The lowest BCUT2D eigenvalue weighted by atomic mass is 10.0. The van der Waals surface area contributed by atoms with E-state index in [1.807, 2.05) is 29.2 Å². The molecule has 1 amide bonds. The summed E-state index contributed by atoms with van der Waals surface area (Å²) in [4.78, 5) is 16.6. The molecule has 4 rings (SSSR count). The van der Waals surface area contributed by atoms with Crippen LogP contribution in [0.15, 0.2) is 48.5 Å². The lowest BCUT2D eigenvalue weighted by Gasteiger charge is -2.43. The van der Waals surface area contributed by atoms with E-state index in [0.29, 0.717) is 17.3 Å². The lowest BCUT2D eigenvalue weighted by Crippen LogP contribution is -2.62. The van der Waals surface area contributed by atoms with Crippen LogP contribution in [0.4, 0.5) is 5.69 Å². The molecule has 0 saturated carbocycles. The van der Waals surface area contributed by atoms with Gasteiger partial charge < -0.3 is 9.64 Å². The Morgan fingerprint density at radius 1 is 1.03 bits per heavy atom. The Morgan fingerprint density at radius 3 is 2.34 bits per heavy atom. The first-order valence-corrected chi connectivity index (χ1v) is 11.7. The molecule has 0 radical (unpaired) electrons. The van der Waals surface area contributed by atoms with Gasteiger partial charge in [0.25, 0.3) is 0 Å². The maximum atomic E-state index is 13.0. The van der Waals surface area contributed by atoms with E-state index >= 15 is 0 Å². The second-order valence-electron chi connectivity index (χ2n) is 7.52. The van der Waals surface area contributed by atoms with Crippen LogP contribution in [0.1, 0.15) is 5.56 Å². The highest BCUT2D eigenvalue weighted by atomic mass is 35.5. The van der Waals surface area contributed by atoms with Crippen LogP contribution >= 0.6 is 11.6 Å². The van der Waals surface area contributed by atoms with Gasteiger partial charge in [0.05, 0.1) is 31.2 Å². The summed E-state index contributed by atoms with van der Waals surface area (Å²) < 4.78 is 30.0. The molecule has 154 valence electrons. The molecule has 2 aromatic carbocycles. The normalized spacial score (nSPS) is 23.8. The van der Waals surface area contributed by atoms with Crippen LogP contribution in [0.2, 0.25) is 5.02 Å². The number of carbonyl (C=O) groups is 1. The summed E-state index contributed by atoms with van der Waals surface area (Å²) in [6, 6.07) is 14.2. The van der Waals surface area contributed by atoms with Gasteiger partial charge in [0.1, 0.15) is 5.75 Å². The third kappa shape index (κ3) is 4.27. The number of rotatable bonds is 5. The summed E-state index contributed by atoms with van der Waals surface area (Å²) in [6.07, 6.45) is 0.738. The van der Waals surface area contributed by atoms with E-state index in [2.05, 4.69) is 0 Å². The van der Waals surface area contributed by atoms with Gasteiger partial charge in [-0.25, -0.2) is 8.42 Å². The molecular weight excluding hydrogens is 412 g/mol. The zero-order valence-electron chi connectivity index (χ0n) is 16.1. The minimum Gasteiger partial charge on any atom is -0.497 e. The Labute approximate surface area is 175 Å². The Kier molecular flexibility index (Phi) is 5.55. The number of hydrogen-bond donors (Lipinski definition) is 0. The minimum atomic E-state index is -3.20. The van der Waals surface area contributed by atoms with E-state index in [1.54, 1.807) is 36.3 Å². The van der Waals surface area contributed by atoms with Gasteiger partial charge in [0.2, 0.25) is 5.91 Å².